The first-order valence-electron chi connectivity index (χ1n) is 16.0. The smallest absolute Gasteiger partial charge is 0.237 e. The first-order chi connectivity index (χ1) is 20.1. The molecule has 0 aromatic heterocycles. The van der Waals surface area contributed by atoms with E-state index in [4.69, 9.17) is 11.6 Å². The molecule has 236 valence electrons. The molecule has 3 N–H and O–H groups in total. The number of carbonyl (C=O) groups excluding carboxylic acids is 2. The Morgan fingerprint density at radius 3 is 2.30 bits per heavy atom. The predicted octanol–water partition coefficient (Wildman–Crippen LogP) is 6.08. The molecule has 2 atom stereocenters. The fourth-order valence-corrected chi connectivity index (χ4v) is 7.52. The highest BCUT2D eigenvalue weighted by Crippen LogP contribution is 2.46. The van der Waals surface area contributed by atoms with Crippen LogP contribution in [0.2, 0.25) is 5.02 Å². The molecule has 2 amide bonds. The van der Waals surface area contributed by atoms with Crippen molar-refractivity contribution < 1.29 is 9.59 Å². The molecule has 2 aliphatic heterocycles. The zero-order chi connectivity index (χ0) is 29.7. The lowest BCUT2D eigenvalue weighted by Crippen LogP contribution is -2.58. The number of benzene rings is 2. The maximum absolute atomic E-state index is 13.8. The van der Waals surface area contributed by atoms with Crippen molar-refractivity contribution in [3.63, 3.8) is 0 Å². The number of carbonyl (C=O) groups is 2. The van der Waals surface area contributed by atoms with Crippen LogP contribution in [-0.2, 0) is 29.0 Å². The summed E-state index contributed by atoms with van der Waals surface area (Å²) in [6, 6.07) is 16.0. The summed E-state index contributed by atoms with van der Waals surface area (Å²) in [5, 5.41) is 10.9. The minimum absolute atomic E-state index is 0. The Balaban J connectivity index is 0.00000423. The molecule has 0 spiro atoms. The van der Waals surface area contributed by atoms with Crippen molar-refractivity contribution in [2.75, 3.05) is 19.6 Å². The van der Waals surface area contributed by atoms with Gasteiger partial charge in [-0.3, -0.25) is 9.59 Å². The number of nitrogens with zero attached hydrogens (tertiary/aromatic N) is 1. The Morgan fingerprint density at radius 1 is 1.00 bits per heavy atom. The van der Waals surface area contributed by atoms with Crippen LogP contribution >= 0.6 is 24.0 Å². The standard InChI is InChI=1S/C35H49ClN4O2.ClH/c1-34(2,3)39-33(42)35(28-11-5-4-6-12-28)17-19-40(20-18-35)24-30(21-25-13-15-29(36)16-14-25)38-32(41)31-22-26-9-7-8-10-27(26)23-37-31;/h7-10,13-16,28,30-31,37H,4-6,11-12,17-24H2,1-3H3,(H,38,41)(H,39,42);1H/t30-,31+;/m0./s1. The molecule has 2 aromatic carbocycles. The van der Waals surface area contributed by atoms with Gasteiger partial charge in [-0.25, -0.2) is 0 Å². The van der Waals surface area contributed by atoms with E-state index in [1.54, 1.807) is 0 Å². The van der Waals surface area contributed by atoms with Gasteiger partial charge in [0.15, 0.2) is 0 Å². The van der Waals surface area contributed by atoms with Crippen LogP contribution < -0.4 is 16.0 Å². The first kappa shape index (κ1) is 33.8. The Labute approximate surface area is 269 Å². The van der Waals surface area contributed by atoms with Gasteiger partial charge in [-0.1, -0.05) is 67.3 Å². The second-order valence-corrected chi connectivity index (χ2v) is 14.4. The Hall–Kier alpha value is -2.12. The molecule has 2 fully saturated rings. The minimum Gasteiger partial charge on any atom is -0.351 e. The van der Waals surface area contributed by atoms with Crippen molar-refractivity contribution >= 4 is 35.8 Å². The summed E-state index contributed by atoms with van der Waals surface area (Å²) < 4.78 is 0. The minimum atomic E-state index is -0.293. The van der Waals surface area contributed by atoms with Crippen molar-refractivity contribution in [3.05, 3.63) is 70.2 Å². The van der Waals surface area contributed by atoms with Crippen molar-refractivity contribution in [3.8, 4) is 0 Å². The van der Waals surface area contributed by atoms with Crippen LogP contribution in [0.1, 0.15) is 82.4 Å². The second-order valence-electron chi connectivity index (χ2n) is 13.9. The number of rotatable bonds is 8. The van der Waals surface area contributed by atoms with Crippen molar-refractivity contribution in [1.82, 2.24) is 20.9 Å². The zero-order valence-electron chi connectivity index (χ0n) is 26.1. The number of piperidine rings is 1. The number of hydrogen-bond donors (Lipinski definition) is 3. The molecule has 8 heteroatoms. The van der Waals surface area contributed by atoms with E-state index in [2.05, 4.69) is 72.0 Å². The fraction of sp³-hybridized carbons (Fsp3) is 0.600. The Bertz CT molecular complexity index is 1220. The largest absolute Gasteiger partial charge is 0.351 e. The quantitative estimate of drug-likeness (QED) is 0.331. The van der Waals surface area contributed by atoms with Crippen LogP contribution in [-0.4, -0.2) is 54.0 Å². The van der Waals surface area contributed by atoms with Gasteiger partial charge < -0.3 is 20.9 Å². The van der Waals surface area contributed by atoms with Gasteiger partial charge in [0.05, 0.1) is 11.5 Å². The molecular weight excluding hydrogens is 579 g/mol. The van der Waals surface area contributed by atoms with E-state index in [1.165, 1.54) is 30.4 Å². The molecule has 0 radical (unpaired) electrons. The van der Waals surface area contributed by atoms with Gasteiger partial charge in [0.25, 0.3) is 0 Å². The summed E-state index contributed by atoms with van der Waals surface area (Å²) in [6.07, 6.45) is 9.25. The van der Waals surface area contributed by atoms with E-state index < -0.39 is 0 Å². The van der Waals surface area contributed by atoms with E-state index in [9.17, 15) is 9.59 Å². The van der Waals surface area contributed by atoms with Crippen LogP contribution in [0.15, 0.2) is 48.5 Å². The third-order valence-electron chi connectivity index (χ3n) is 9.69. The number of hydrogen-bond acceptors (Lipinski definition) is 4. The van der Waals surface area contributed by atoms with Gasteiger partial charge >= 0.3 is 0 Å². The third-order valence-corrected chi connectivity index (χ3v) is 9.95. The number of halogens is 2. The van der Waals surface area contributed by atoms with Gasteiger partial charge in [-0.15, -0.1) is 12.4 Å². The molecule has 1 aliphatic carbocycles. The van der Waals surface area contributed by atoms with E-state index in [0.717, 1.165) is 57.3 Å². The van der Waals surface area contributed by atoms with Gasteiger partial charge in [-0.2, -0.15) is 0 Å². The van der Waals surface area contributed by atoms with E-state index in [1.807, 2.05) is 18.2 Å². The van der Waals surface area contributed by atoms with Gasteiger partial charge in [-0.05, 0) is 107 Å². The normalized spacial score (nSPS) is 21.6. The fourth-order valence-electron chi connectivity index (χ4n) is 7.39. The van der Waals surface area contributed by atoms with Gasteiger partial charge in [0.1, 0.15) is 0 Å². The summed E-state index contributed by atoms with van der Waals surface area (Å²) in [5.74, 6) is 0.762. The summed E-state index contributed by atoms with van der Waals surface area (Å²) in [6.45, 7) is 9.46. The Kier molecular flexibility index (Phi) is 11.6. The van der Waals surface area contributed by atoms with E-state index >= 15 is 0 Å². The molecule has 3 aliphatic rings. The molecule has 1 saturated carbocycles. The topological polar surface area (TPSA) is 73.5 Å². The van der Waals surface area contributed by atoms with Crippen molar-refractivity contribution in [1.29, 1.82) is 0 Å². The van der Waals surface area contributed by atoms with Crippen molar-refractivity contribution in [2.24, 2.45) is 11.3 Å². The monoisotopic (exact) mass is 628 g/mol. The number of nitrogens with one attached hydrogen (secondary N) is 3. The molecule has 1 saturated heterocycles. The molecule has 2 heterocycles. The highest BCUT2D eigenvalue weighted by atomic mass is 35.5. The predicted molar refractivity (Wildman–Crippen MR) is 178 cm³/mol. The average Bonchev–Trinajstić information content (AvgIpc) is 2.98. The molecule has 43 heavy (non-hydrogen) atoms. The van der Waals surface area contributed by atoms with Crippen LogP contribution in [0.25, 0.3) is 0 Å². The SMILES string of the molecule is CC(C)(C)NC(=O)C1(C2CCCCC2)CCN(C[C@H](Cc2ccc(Cl)cc2)NC(=O)[C@H]2Cc3ccccc3CN2)CC1.Cl. The summed E-state index contributed by atoms with van der Waals surface area (Å²) in [5.41, 5.74) is 3.14. The first-order valence-corrected chi connectivity index (χ1v) is 16.4. The maximum atomic E-state index is 13.8. The van der Waals surface area contributed by atoms with E-state index in [-0.39, 0.29) is 47.3 Å². The lowest BCUT2D eigenvalue weighted by atomic mass is 9.63. The highest BCUT2D eigenvalue weighted by Gasteiger charge is 2.48. The van der Waals surface area contributed by atoms with Gasteiger partial charge in [0.2, 0.25) is 11.8 Å². The summed E-state index contributed by atoms with van der Waals surface area (Å²) >= 11 is 6.17. The lowest BCUT2D eigenvalue weighted by molar-refractivity contribution is -0.141. The van der Waals surface area contributed by atoms with Crippen molar-refractivity contribution in [2.45, 2.75) is 103 Å². The Morgan fingerprint density at radius 2 is 1.65 bits per heavy atom. The highest BCUT2D eigenvalue weighted by molar-refractivity contribution is 6.30. The summed E-state index contributed by atoms with van der Waals surface area (Å²) in [4.78, 5) is 29.9. The molecule has 2 aromatic rings. The number of fused-ring (bicyclic) bond motifs is 1. The second kappa shape index (κ2) is 14.8. The maximum Gasteiger partial charge on any atom is 0.237 e. The van der Waals surface area contributed by atoms with Crippen LogP contribution in [0.4, 0.5) is 0 Å². The molecule has 0 unspecified atom stereocenters. The molecule has 0 bridgehead atoms. The lowest BCUT2D eigenvalue weighted by Gasteiger charge is -2.48. The zero-order valence-corrected chi connectivity index (χ0v) is 27.7. The molecule has 5 rings (SSSR count). The molecular formula is C35H50Cl2N4O2. The number of amides is 2. The average molecular weight is 630 g/mol. The third kappa shape index (κ3) is 8.75. The number of likely N-dealkylation sites (tertiary alicyclic amines) is 1. The summed E-state index contributed by atoms with van der Waals surface area (Å²) in [7, 11) is 0. The van der Waals surface area contributed by atoms with E-state index in [0.29, 0.717) is 23.9 Å². The molecule has 6 nitrogen and oxygen atoms in total. The van der Waals surface area contributed by atoms with Crippen LogP contribution in [0.3, 0.4) is 0 Å². The van der Waals surface area contributed by atoms with Crippen LogP contribution in [0.5, 0.6) is 0 Å². The van der Waals surface area contributed by atoms with Crippen LogP contribution in [0, 0.1) is 11.3 Å². The van der Waals surface area contributed by atoms with Gasteiger partial charge in [0, 0.05) is 29.7 Å².